The fraction of sp³-hybridized carbons (Fsp3) is 0.257. The van der Waals surface area contributed by atoms with E-state index in [0.717, 1.165) is 42.5 Å². The zero-order valence-electron chi connectivity index (χ0n) is 26.7. The molecule has 1 aromatic heterocycles. The van der Waals surface area contributed by atoms with E-state index in [2.05, 4.69) is 0 Å². The molecule has 0 aliphatic carbocycles. The number of aliphatic hydroxyl groups is 4. The van der Waals surface area contributed by atoms with Gasteiger partial charge in [0.15, 0.2) is 29.1 Å². The lowest BCUT2D eigenvalue weighted by molar-refractivity contribution is -0.268. The van der Waals surface area contributed by atoms with Crippen LogP contribution >= 0.6 is 0 Å². The van der Waals surface area contributed by atoms with E-state index in [1.807, 2.05) is 0 Å². The van der Waals surface area contributed by atoms with Crippen molar-refractivity contribution in [2.45, 2.75) is 56.3 Å². The molecule has 17 nitrogen and oxygen atoms in total. The molecule has 272 valence electrons. The largest absolute Gasteiger partial charge is 0.508 e. The van der Waals surface area contributed by atoms with Crippen molar-refractivity contribution in [3.63, 3.8) is 0 Å². The van der Waals surface area contributed by atoms with Crippen molar-refractivity contribution >= 4 is 21.7 Å². The van der Waals surface area contributed by atoms with Gasteiger partial charge in [-0.25, -0.2) is 0 Å². The molecular weight excluding hydrogens is 692 g/mol. The molecule has 1 saturated heterocycles. The molecule has 0 bridgehead atoms. The van der Waals surface area contributed by atoms with Crippen molar-refractivity contribution in [3.8, 4) is 63.1 Å². The Labute approximate surface area is 289 Å². The standard InChI is InChI=1S/C35H30O17/c1-10-26(43)30(47)31(48)35(49-10)52-34-29(46)25-18(39)5-13(37)7-23(25)51-32(34)11-2-14-15(8-20(41)28(45)24(14)27(44)19(40)3-11)33-21(42)9-16-17(38)4-12(36)6-22(16)50-33/h2-8,10,21,26,30-31,33,35-39,41-43,45,47-48H,9H2,1H3,(H,40,44)/t10?,21-,26+,30?,31?,33-,35+/m1/s1. The van der Waals surface area contributed by atoms with Crippen LogP contribution in [0.15, 0.2) is 56.5 Å². The van der Waals surface area contributed by atoms with E-state index >= 15 is 0 Å². The highest BCUT2D eigenvalue weighted by Gasteiger charge is 2.44. The van der Waals surface area contributed by atoms with Crippen molar-refractivity contribution in [2.24, 2.45) is 0 Å². The zero-order valence-corrected chi connectivity index (χ0v) is 26.7. The van der Waals surface area contributed by atoms with Crippen LogP contribution in [0.1, 0.15) is 24.2 Å². The molecule has 2 aliphatic rings. The fourth-order valence-corrected chi connectivity index (χ4v) is 6.51. The van der Waals surface area contributed by atoms with Crippen molar-refractivity contribution in [1.29, 1.82) is 0 Å². The number of hydrogen-bond acceptors (Lipinski definition) is 17. The molecule has 17 heteroatoms. The summed E-state index contributed by atoms with van der Waals surface area (Å²) in [4.78, 5) is 27.5. The number of benzene rings is 3. The second-order valence-corrected chi connectivity index (χ2v) is 12.6. The Balaban J connectivity index is 1.51. The van der Waals surface area contributed by atoms with Gasteiger partial charge < -0.3 is 74.8 Å². The third-order valence-corrected chi connectivity index (χ3v) is 9.12. The second kappa shape index (κ2) is 12.4. The van der Waals surface area contributed by atoms with Crippen LogP contribution in [-0.4, -0.2) is 93.0 Å². The Morgan fingerprint density at radius 3 is 2.15 bits per heavy atom. The van der Waals surface area contributed by atoms with E-state index in [9.17, 15) is 65.8 Å². The number of rotatable bonds is 4. The summed E-state index contributed by atoms with van der Waals surface area (Å²) in [5.74, 6) is -6.53. The fourth-order valence-electron chi connectivity index (χ4n) is 6.51. The van der Waals surface area contributed by atoms with Gasteiger partial charge in [-0.3, -0.25) is 9.59 Å². The first-order chi connectivity index (χ1) is 24.5. The SMILES string of the molecule is CC1O[C@@H](Oc2c(-c3cc(=O)c(O)c4c(O)c(O)cc([C@H]5Oc6cc(O)cc(O)c6C[C@H]5O)c4c3)oc3cc(O)cc(O)c3c2=O)C(O)C(O)[C@H]1O. The van der Waals surface area contributed by atoms with Crippen LogP contribution in [0.2, 0.25) is 0 Å². The summed E-state index contributed by atoms with van der Waals surface area (Å²) >= 11 is 0. The Kier molecular flexibility index (Phi) is 8.19. The third-order valence-electron chi connectivity index (χ3n) is 9.12. The van der Waals surface area contributed by atoms with Crippen LogP contribution in [-0.2, 0) is 11.2 Å². The Morgan fingerprint density at radius 2 is 1.42 bits per heavy atom. The van der Waals surface area contributed by atoms with Crippen LogP contribution < -0.4 is 20.3 Å². The topological polar surface area (TPSA) is 298 Å². The van der Waals surface area contributed by atoms with Crippen molar-refractivity contribution in [1.82, 2.24) is 0 Å². The van der Waals surface area contributed by atoms with Crippen LogP contribution in [0.25, 0.3) is 33.1 Å². The summed E-state index contributed by atoms with van der Waals surface area (Å²) in [6.07, 6.45) is -11.5. The van der Waals surface area contributed by atoms with Gasteiger partial charge in [-0.2, -0.15) is 0 Å². The minimum atomic E-state index is -1.95. The molecule has 2 aliphatic heterocycles. The summed E-state index contributed by atoms with van der Waals surface area (Å²) in [7, 11) is 0. The number of phenolic OH excluding ortho intramolecular Hbond substituents is 6. The number of phenols is 6. The van der Waals surface area contributed by atoms with E-state index < -0.39 is 116 Å². The Hall–Kier alpha value is -5.98. The second-order valence-electron chi connectivity index (χ2n) is 12.6. The van der Waals surface area contributed by atoms with E-state index in [1.165, 1.54) is 6.92 Å². The first kappa shape index (κ1) is 34.5. The number of aliphatic hydroxyl groups excluding tert-OH is 4. The van der Waals surface area contributed by atoms with Gasteiger partial charge in [0.05, 0.1) is 17.6 Å². The predicted molar refractivity (Wildman–Crippen MR) is 176 cm³/mol. The minimum absolute atomic E-state index is 0.0637. The maximum absolute atomic E-state index is 14.0. The monoisotopic (exact) mass is 722 g/mol. The average Bonchev–Trinajstić information content (AvgIpc) is 3.20. The molecule has 11 N–H and O–H groups in total. The van der Waals surface area contributed by atoms with E-state index in [1.54, 1.807) is 0 Å². The summed E-state index contributed by atoms with van der Waals surface area (Å²) in [5.41, 5.74) is -3.19. The molecule has 3 heterocycles. The van der Waals surface area contributed by atoms with E-state index in [-0.39, 0.29) is 40.2 Å². The minimum Gasteiger partial charge on any atom is -0.508 e. The Bertz CT molecular complexity index is 2410. The summed E-state index contributed by atoms with van der Waals surface area (Å²) in [6.45, 7) is 1.34. The summed E-state index contributed by atoms with van der Waals surface area (Å²) < 4.78 is 23.1. The maximum atomic E-state index is 14.0. The quantitative estimate of drug-likeness (QED) is 0.116. The van der Waals surface area contributed by atoms with Gasteiger partial charge >= 0.3 is 0 Å². The summed E-state index contributed by atoms with van der Waals surface area (Å²) in [5, 5.41) is 115. The molecule has 7 rings (SSSR count). The molecule has 7 atom stereocenters. The van der Waals surface area contributed by atoms with Crippen LogP contribution in [0.3, 0.4) is 0 Å². The molecule has 0 spiro atoms. The van der Waals surface area contributed by atoms with E-state index in [0.29, 0.717) is 0 Å². The lowest BCUT2D eigenvalue weighted by Gasteiger charge is -2.38. The molecular formula is C35H30O17. The lowest BCUT2D eigenvalue weighted by atomic mass is 9.90. The predicted octanol–water partition coefficient (Wildman–Crippen LogP) is 1.16. The highest BCUT2D eigenvalue weighted by molar-refractivity contribution is 5.99. The Morgan fingerprint density at radius 1 is 0.731 bits per heavy atom. The molecule has 1 fully saturated rings. The van der Waals surface area contributed by atoms with Crippen molar-refractivity contribution in [3.05, 3.63) is 74.0 Å². The average molecular weight is 723 g/mol. The van der Waals surface area contributed by atoms with Gasteiger partial charge in [-0.1, -0.05) is 0 Å². The molecule has 5 aromatic rings. The number of hydrogen-bond donors (Lipinski definition) is 11. The zero-order chi connectivity index (χ0) is 37.5. The number of ether oxygens (including phenoxy) is 3. The maximum Gasteiger partial charge on any atom is 0.239 e. The van der Waals surface area contributed by atoms with Crippen molar-refractivity contribution < 1.29 is 74.8 Å². The third kappa shape index (κ3) is 5.47. The molecule has 4 aromatic carbocycles. The van der Waals surface area contributed by atoms with Gasteiger partial charge in [0.1, 0.15) is 58.0 Å². The molecule has 52 heavy (non-hydrogen) atoms. The van der Waals surface area contributed by atoms with E-state index in [4.69, 9.17) is 18.6 Å². The highest BCUT2D eigenvalue weighted by Crippen LogP contribution is 2.48. The van der Waals surface area contributed by atoms with Gasteiger partial charge in [0.2, 0.25) is 22.9 Å². The smallest absolute Gasteiger partial charge is 0.239 e. The van der Waals surface area contributed by atoms with Crippen LogP contribution in [0.5, 0.6) is 51.7 Å². The van der Waals surface area contributed by atoms with Gasteiger partial charge in [0.25, 0.3) is 0 Å². The van der Waals surface area contributed by atoms with Gasteiger partial charge in [-0.05, 0) is 24.4 Å². The van der Waals surface area contributed by atoms with Crippen LogP contribution in [0, 0.1) is 0 Å². The summed E-state index contributed by atoms with van der Waals surface area (Å²) in [6, 6.07) is 6.79. The number of aromatic hydroxyl groups is 7. The van der Waals surface area contributed by atoms with Gasteiger partial charge in [-0.15, -0.1) is 0 Å². The van der Waals surface area contributed by atoms with Crippen molar-refractivity contribution in [2.75, 3.05) is 0 Å². The first-order valence-corrected chi connectivity index (χ1v) is 15.6. The van der Waals surface area contributed by atoms with Gasteiger partial charge in [0, 0.05) is 53.4 Å². The number of fused-ring (bicyclic) bond motifs is 3. The molecule has 0 saturated carbocycles. The normalized spacial score (nSPS) is 24.4. The lowest BCUT2D eigenvalue weighted by Crippen LogP contribution is -2.58. The first-order valence-electron chi connectivity index (χ1n) is 15.6. The molecule has 3 unspecified atom stereocenters. The molecule has 0 radical (unpaired) electrons. The highest BCUT2D eigenvalue weighted by atomic mass is 16.7. The van der Waals surface area contributed by atoms with Crippen LogP contribution in [0.4, 0.5) is 0 Å². The molecule has 0 amide bonds.